The molecule has 1 aliphatic heterocycles. The van der Waals surface area contributed by atoms with Gasteiger partial charge in [-0.2, -0.15) is 0 Å². The van der Waals surface area contributed by atoms with Crippen LogP contribution in [-0.4, -0.2) is 63.3 Å². The van der Waals surface area contributed by atoms with Gasteiger partial charge >= 0.3 is 0 Å². The van der Waals surface area contributed by atoms with Crippen molar-refractivity contribution in [2.24, 2.45) is 0 Å². The summed E-state index contributed by atoms with van der Waals surface area (Å²) in [5.41, 5.74) is 5.41. The molecule has 2 heterocycles. The molecule has 0 radical (unpaired) electrons. The molecule has 1 saturated heterocycles. The van der Waals surface area contributed by atoms with E-state index in [-0.39, 0.29) is 37.0 Å². The first-order valence-electron chi connectivity index (χ1n) is 6.80. The topological polar surface area (TPSA) is 115 Å². The van der Waals surface area contributed by atoms with Crippen LogP contribution in [0.2, 0.25) is 0 Å². The molecule has 1 aromatic heterocycles. The van der Waals surface area contributed by atoms with E-state index in [1.165, 1.54) is 15.9 Å². The number of nitrogens with one attached hydrogen (secondary N) is 1. The zero-order valence-electron chi connectivity index (χ0n) is 12.2. The molecule has 1 fully saturated rings. The summed E-state index contributed by atoms with van der Waals surface area (Å²) in [6.07, 6.45) is 1.39. The smallest absolute Gasteiger partial charge is 0.245 e. The number of carbonyl (C=O) groups is 2. The van der Waals surface area contributed by atoms with Gasteiger partial charge in [0.25, 0.3) is 0 Å². The van der Waals surface area contributed by atoms with E-state index in [2.05, 4.69) is 15.4 Å². The van der Waals surface area contributed by atoms with E-state index in [1.54, 1.807) is 0 Å². The van der Waals surface area contributed by atoms with Crippen LogP contribution in [0, 0.1) is 0 Å². The molecule has 0 bridgehead atoms. The van der Waals surface area contributed by atoms with Crippen molar-refractivity contribution in [3.05, 3.63) is 6.33 Å². The summed E-state index contributed by atoms with van der Waals surface area (Å²) < 4.78 is 6.66. The fourth-order valence-corrected chi connectivity index (χ4v) is 2.11. The van der Waals surface area contributed by atoms with Gasteiger partial charge in [-0.15, -0.1) is 5.10 Å². The fourth-order valence-electron chi connectivity index (χ4n) is 2.11. The maximum absolute atomic E-state index is 12.3. The van der Waals surface area contributed by atoms with Gasteiger partial charge < -0.3 is 20.7 Å². The predicted molar refractivity (Wildman–Crippen MR) is 74.0 cm³/mol. The second kappa shape index (κ2) is 6.53. The first kappa shape index (κ1) is 15.2. The van der Waals surface area contributed by atoms with Gasteiger partial charge in [-0.25, -0.2) is 9.67 Å². The van der Waals surface area contributed by atoms with E-state index in [0.29, 0.717) is 13.2 Å². The number of morpholine rings is 1. The van der Waals surface area contributed by atoms with Gasteiger partial charge in [0.2, 0.25) is 17.8 Å². The Labute approximate surface area is 122 Å². The van der Waals surface area contributed by atoms with E-state index < -0.39 is 6.04 Å². The molecular weight excluding hydrogens is 276 g/mol. The number of hydrogen-bond donors (Lipinski definition) is 2. The second-order valence-electron chi connectivity index (χ2n) is 5.14. The van der Waals surface area contributed by atoms with E-state index >= 15 is 0 Å². The highest BCUT2D eigenvalue weighted by atomic mass is 16.5. The lowest BCUT2D eigenvalue weighted by Crippen LogP contribution is -2.57. The molecule has 1 atom stereocenters. The Bertz CT molecular complexity index is 515. The summed E-state index contributed by atoms with van der Waals surface area (Å²) in [5, 5.41) is 6.67. The van der Waals surface area contributed by atoms with Crippen molar-refractivity contribution in [2.45, 2.75) is 32.5 Å². The standard InChI is InChI=1S/C12H20N6O3/c1-8(2)15-11(20)9-6-21-4-3-18(9)10(19)5-17-7-14-12(13)16-17/h7-9H,3-6H2,1-2H3,(H2,13,16)(H,15,20). The summed E-state index contributed by atoms with van der Waals surface area (Å²) in [4.78, 5) is 29.8. The predicted octanol–water partition coefficient (Wildman–Crippen LogP) is -1.39. The molecule has 9 heteroatoms. The first-order valence-corrected chi connectivity index (χ1v) is 6.80. The molecule has 1 unspecified atom stereocenters. The van der Waals surface area contributed by atoms with Gasteiger partial charge in [-0.05, 0) is 13.8 Å². The number of aromatic nitrogens is 3. The van der Waals surface area contributed by atoms with E-state index in [0.717, 1.165) is 0 Å². The summed E-state index contributed by atoms with van der Waals surface area (Å²) >= 11 is 0. The van der Waals surface area contributed by atoms with Crippen molar-refractivity contribution in [3.63, 3.8) is 0 Å². The van der Waals surface area contributed by atoms with Crippen molar-refractivity contribution in [2.75, 3.05) is 25.5 Å². The van der Waals surface area contributed by atoms with Gasteiger partial charge in [0.15, 0.2) is 0 Å². The quantitative estimate of drug-likeness (QED) is 0.707. The number of nitrogen functional groups attached to an aromatic ring is 1. The summed E-state index contributed by atoms with van der Waals surface area (Å²) in [6, 6.07) is -0.610. The Balaban J connectivity index is 2.03. The van der Waals surface area contributed by atoms with Crippen LogP contribution < -0.4 is 11.1 Å². The molecule has 3 N–H and O–H groups in total. The summed E-state index contributed by atoms with van der Waals surface area (Å²) in [5.74, 6) is -0.317. The van der Waals surface area contributed by atoms with Gasteiger partial charge in [0.1, 0.15) is 18.9 Å². The molecule has 0 aromatic carbocycles. The summed E-state index contributed by atoms with van der Waals surface area (Å²) in [7, 11) is 0. The van der Waals surface area contributed by atoms with Crippen molar-refractivity contribution in [1.29, 1.82) is 0 Å². The number of nitrogens with two attached hydrogens (primary N) is 1. The first-order chi connectivity index (χ1) is 9.97. The van der Waals surface area contributed by atoms with Gasteiger partial charge in [-0.3, -0.25) is 9.59 Å². The highest BCUT2D eigenvalue weighted by Crippen LogP contribution is 2.09. The maximum Gasteiger partial charge on any atom is 0.245 e. The second-order valence-corrected chi connectivity index (χ2v) is 5.14. The lowest BCUT2D eigenvalue weighted by Gasteiger charge is -2.34. The Kier molecular flexibility index (Phi) is 4.73. The van der Waals surface area contributed by atoms with Crippen molar-refractivity contribution in [1.82, 2.24) is 25.0 Å². The van der Waals surface area contributed by atoms with Crippen molar-refractivity contribution >= 4 is 17.8 Å². The minimum Gasteiger partial charge on any atom is -0.377 e. The summed E-state index contributed by atoms with van der Waals surface area (Å²) in [6.45, 7) is 4.72. The highest BCUT2D eigenvalue weighted by molar-refractivity contribution is 5.88. The molecule has 2 amide bonds. The number of amides is 2. The molecule has 1 aromatic rings. The Morgan fingerprint density at radius 2 is 2.33 bits per heavy atom. The van der Waals surface area contributed by atoms with Gasteiger partial charge in [0.05, 0.1) is 13.2 Å². The fraction of sp³-hybridized carbons (Fsp3) is 0.667. The molecule has 0 saturated carbocycles. The van der Waals surface area contributed by atoms with Crippen LogP contribution in [-0.2, 0) is 20.9 Å². The average Bonchev–Trinajstić information content (AvgIpc) is 2.83. The van der Waals surface area contributed by atoms with Crippen LogP contribution in [0.25, 0.3) is 0 Å². The third kappa shape index (κ3) is 3.91. The van der Waals surface area contributed by atoms with Crippen LogP contribution in [0.3, 0.4) is 0 Å². The molecular formula is C12H20N6O3. The Morgan fingerprint density at radius 1 is 1.57 bits per heavy atom. The van der Waals surface area contributed by atoms with Crippen LogP contribution in [0.4, 0.5) is 5.95 Å². The van der Waals surface area contributed by atoms with E-state index in [9.17, 15) is 9.59 Å². The van der Waals surface area contributed by atoms with Crippen LogP contribution in [0.5, 0.6) is 0 Å². The molecule has 116 valence electrons. The third-order valence-corrected chi connectivity index (χ3v) is 3.03. The van der Waals surface area contributed by atoms with Crippen molar-refractivity contribution < 1.29 is 14.3 Å². The number of rotatable bonds is 4. The number of ether oxygens (including phenoxy) is 1. The number of hydrogen-bond acceptors (Lipinski definition) is 6. The number of carbonyl (C=O) groups excluding carboxylic acids is 2. The zero-order chi connectivity index (χ0) is 15.4. The van der Waals surface area contributed by atoms with E-state index in [1.807, 2.05) is 13.8 Å². The molecule has 9 nitrogen and oxygen atoms in total. The maximum atomic E-state index is 12.3. The lowest BCUT2D eigenvalue weighted by molar-refractivity contribution is -0.149. The third-order valence-electron chi connectivity index (χ3n) is 3.03. The van der Waals surface area contributed by atoms with Crippen LogP contribution in [0.15, 0.2) is 6.33 Å². The van der Waals surface area contributed by atoms with Gasteiger partial charge in [0, 0.05) is 12.6 Å². The lowest BCUT2D eigenvalue weighted by atomic mass is 10.2. The van der Waals surface area contributed by atoms with Crippen LogP contribution >= 0.6 is 0 Å². The van der Waals surface area contributed by atoms with Gasteiger partial charge in [-0.1, -0.05) is 0 Å². The molecule has 0 spiro atoms. The number of anilines is 1. The normalized spacial score (nSPS) is 18.8. The largest absolute Gasteiger partial charge is 0.377 e. The van der Waals surface area contributed by atoms with E-state index in [4.69, 9.17) is 10.5 Å². The SMILES string of the molecule is CC(C)NC(=O)C1COCCN1C(=O)Cn1cnc(N)n1. The monoisotopic (exact) mass is 296 g/mol. The molecule has 21 heavy (non-hydrogen) atoms. The number of nitrogens with zero attached hydrogens (tertiary/aromatic N) is 4. The average molecular weight is 296 g/mol. The minimum atomic E-state index is -0.616. The van der Waals surface area contributed by atoms with Crippen molar-refractivity contribution in [3.8, 4) is 0 Å². The molecule has 1 aliphatic rings. The molecule has 0 aliphatic carbocycles. The Morgan fingerprint density at radius 3 is 2.95 bits per heavy atom. The zero-order valence-corrected chi connectivity index (χ0v) is 12.2. The van der Waals surface area contributed by atoms with Crippen LogP contribution in [0.1, 0.15) is 13.8 Å². The highest BCUT2D eigenvalue weighted by Gasteiger charge is 2.33. The molecule has 2 rings (SSSR count). The minimum absolute atomic E-state index is 0.00431. The Hall–Kier alpha value is -2.16.